The van der Waals surface area contributed by atoms with Gasteiger partial charge in [-0.15, -0.1) is 0 Å². The van der Waals surface area contributed by atoms with Gasteiger partial charge in [0, 0.05) is 45.0 Å². The van der Waals surface area contributed by atoms with Crippen molar-refractivity contribution < 1.29 is 4.79 Å². The number of amides is 1. The van der Waals surface area contributed by atoms with Crippen LogP contribution in [0.15, 0.2) is 18.3 Å². The molecule has 2 aliphatic heterocycles. The molecule has 5 heteroatoms. The van der Waals surface area contributed by atoms with Gasteiger partial charge in [-0.25, -0.2) is 4.98 Å². The molecule has 0 bridgehead atoms. The van der Waals surface area contributed by atoms with Crippen LogP contribution in [0.4, 0.5) is 5.82 Å². The Balaban J connectivity index is 1.71. The number of likely N-dealkylation sites (tertiary alicyclic amines) is 2. The van der Waals surface area contributed by atoms with Crippen LogP contribution in [0.2, 0.25) is 0 Å². The summed E-state index contributed by atoms with van der Waals surface area (Å²) in [5.74, 6) is 0.994. The van der Waals surface area contributed by atoms with Crippen molar-refractivity contribution in [1.29, 1.82) is 0 Å². The van der Waals surface area contributed by atoms with Crippen LogP contribution in [-0.2, 0) is 0 Å². The number of hydrogen-bond donors (Lipinski definition) is 0. The number of aromatic nitrogens is 1. The zero-order valence-corrected chi connectivity index (χ0v) is 13.7. The molecule has 0 N–H and O–H groups in total. The molecular formula is C17H26N4O. The second-order valence-electron chi connectivity index (χ2n) is 6.60. The van der Waals surface area contributed by atoms with Crippen molar-refractivity contribution in [3.63, 3.8) is 0 Å². The lowest BCUT2D eigenvalue weighted by Crippen LogP contribution is -2.42. The number of pyridine rings is 1. The standard InChI is InChI=1S/C17H26N4O/c1-19(2)16-12-14(7-8-18-16)17(22)21-11-5-6-15(21)13-20-9-3-4-10-20/h7-8,12,15H,3-6,9-11,13H2,1-2H3/t15-/m1/s1. The Morgan fingerprint density at radius 1 is 1.27 bits per heavy atom. The fourth-order valence-corrected chi connectivity index (χ4v) is 3.52. The summed E-state index contributed by atoms with van der Waals surface area (Å²) in [5.41, 5.74) is 0.757. The van der Waals surface area contributed by atoms with Crippen LogP contribution in [0.3, 0.4) is 0 Å². The van der Waals surface area contributed by atoms with Gasteiger partial charge in [-0.2, -0.15) is 0 Å². The summed E-state index contributed by atoms with van der Waals surface area (Å²) in [6.07, 6.45) is 6.59. The summed E-state index contributed by atoms with van der Waals surface area (Å²) >= 11 is 0. The van der Waals surface area contributed by atoms with E-state index in [-0.39, 0.29) is 5.91 Å². The van der Waals surface area contributed by atoms with E-state index in [1.54, 1.807) is 6.20 Å². The van der Waals surface area contributed by atoms with Gasteiger partial charge in [0.15, 0.2) is 0 Å². The van der Waals surface area contributed by atoms with Crippen molar-refractivity contribution in [2.75, 3.05) is 45.2 Å². The van der Waals surface area contributed by atoms with E-state index in [9.17, 15) is 4.79 Å². The van der Waals surface area contributed by atoms with Crippen LogP contribution < -0.4 is 4.90 Å². The summed E-state index contributed by atoms with van der Waals surface area (Å²) in [6.45, 7) is 4.31. The molecule has 5 nitrogen and oxygen atoms in total. The first-order valence-corrected chi connectivity index (χ1v) is 8.32. The molecule has 1 aromatic rings. The number of nitrogens with zero attached hydrogens (tertiary/aromatic N) is 4. The normalized spacial score (nSPS) is 22.3. The minimum absolute atomic E-state index is 0.159. The maximum Gasteiger partial charge on any atom is 0.254 e. The lowest BCUT2D eigenvalue weighted by atomic mass is 10.1. The number of rotatable bonds is 4. The molecular weight excluding hydrogens is 276 g/mol. The molecule has 2 saturated heterocycles. The van der Waals surface area contributed by atoms with E-state index in [2.05, 4.69) is 14.8 Å². The Morgan fingerprint density at radius 3 is 2.77 bits per heavy atom. The van der Waals surface area contributed by atoms with Gasteiger partial charge in [-0.1, -0.05) is 0 Å². The smallest absolute Gasteiger partial charge is 0.254 e. The van der Waals surface area contributed by atoms with Crippen molar-refractivity contribution in [3.05, 3.63) is 23.9 Å². The maximum atomic E-state index is 12.9. The lowest BCUT2D eigenvalue weighted by Gasteiger charge is -2.28. The largest absolute Gasteiger partial charge is 0.363 e. The molecule has 0 radical (unpaired) electrons. The molecule has 22 heavy (non-hydrogen) atoms. The molecule has 0 unspecified atom stereocenters. The monoisotopic (exact) mass is 302 g/mol. The maximum absolute atomic E-state index is 12.9. The molecule has 3 heterocycles. The highest BCUT2D eigenvalue weighted by Crippen LogP contribution is 2.23. The van der Waals surface area contributed by atoms with Crippen LogP contribution in [0.5, 0.6) is 0 Å². The number of hydrogen-bond acceptors (Lipinski definition) is 4. The molecule has 2 aliphatic rings. The molecule has 120 valence electrons. The molecule has 1 aromatic heterocycles. The van der Waals surface area contributed by atoms with Crippen LogP contribution in [0, 0.1) is 0 Å². The van der Waals surface area contributed by atoms with Crippen molar-refractivity contribution >= 4 is 11.7 Å². The summed E-state index contributed by atoms with van der Waals surface area (Å²) in [6, 6.07) is 4.11. The Hall–Kier alpha value is -1.62. The molecule has 0 aliphatic carbocycles. The van der Waals surface area contributed by atoms with E-state index in [4.69, 9.17) is 0 Å². The average molecular weight is 302 g/mol. The first-order chi connectivity index (χ1) is 10.6. The minimum atomic E-state index is 0.159. The third-order valence-electron chi connectivity index (χ3n) is 4.76. The average Bonchev–Trinajstić information content (AvgIpc) is 3.19. The summed E-state index contributed by atoms with van der Waals surface area (Å²) in [7, 11) is 3.89. The number of anilines is 1. The number of carbonyl (C=O) groups is 1. The molecule has 0 spiro atoms. The fourth-order valence-electron chi connectivity index (χ4n) is 3.52. The van der Waals surface area contributed by atoms with Crippen LogP contribution in [0.1, 0.15) is 36.0 Å². The van der Waals surface area contributed by atoms with Crippen LogP contribution in [0.25, 0.3) is 0 Å². The van der Waals surface area contributed by atoms with Gasteiger partial charge in [-0.3, -0.25) is 4.79 Å². The highest BCUT2D eigenvalue weighted by atomic mass is 16.2. The molecule has 3 rings (SSSR count). The van der Waals surface area contributed by atoms with E-state index in [0.717, 1.165) is 37.3 Å². The van der Waals surface area contributed by atoms with E-state index < -0.39 is 0 Å². The van der Waals surface area contributed by atoms with E-state index in [1.165, 1.54) is 25.9 Å². The van der Waals surface area contributed by atoms with Crippen molar-refractivity contribution in [2.45, 2.75) is 31.7 Å². The van der Waals surface area contributed by atoms with Crippen molar-refractivity contribution in [3.8, 4) is 0 Å². The summed E-state index contributed by atoms with van der Waals surface area (Å²) in [5, 5.41) is 0. The zero-order valence-electron chi connectivity index (χ0n) is 13.7. The first kappa shape index (κ1) is 15.3. The van der Waals surface area contributed by atoms with Gasteiger partial charge in [0.1, 0.15) is 5.82 Å². The first-order valence-electron chi connectivity index (χ1n) is 8.32. The molecule has 0 aromatic carbocycles. The lowest BCUT2D eigenvalue weighted by molar-refractivity contribution is 0.0708. The zero-order chi connectivity index (χ0) is 15.5. The molecule has 1 amide bonds. The Bertz CT molecular complexity index is 525. The predicted octanol–water partition coefficient (Wildman–Crippen LogP) is 1.85. The van der Waals surface area contributed by atoms with Crippen molar-refractivity contribution in [2.24, 2.45) is 0 Å². The second kappa shape index (κ2) is 6.65. The summed E-state index contributed by atoms with van der Waals surface area (Å²) < 4.78 is 0. The second-order valence-corrected chi connectivity index (χ2v) is 6.60. The van der Waals surface area contributed by atoms with E-state index in [1.807, 2.05) is 31.1 Å². The quantitative estimate of drug-likeness (QED) is 0.851. The van der Waals surface area contributed by atoms with Crippen LogP contribution >= 0.6 is 0 Å². The highest BCUT2D eigenvalue weighted by Gasteiger charge is 2.31. The molecule has 2 fully saturated rings. The Kier molecular flexibility index (Phi) is 4.62. The summed E-state index contributed by atoms with van der Waals surface area (Å²) in [4.78, 5) is 23.7. The highest BCUT2D eigenvalue weighted by molar-refractivity contribution is 5.95. The van der Waals surface area contributed by atoms with Crippen molar-refractivity contribution in [1.82, 2.24) is 14.8 Å². The van der Waals surface area contributed by atoms with E-state index >= 15 is 0 Å². The van der Waals surface area contributed by atoms with Gasteiger partial charge in [0.25, 0.3) is 5.91 Å². The van der Waals surface area contributed by atoms with Gasteiger partial charge >= 0.3 is 0 Å². The van der Waals surface area contributed by atoms with Gasteiger partial charge in [0.2, 0.25) is 0 Å². The van der Waals surface area contributed by atoms with Gasteiger partial charge in [0.05, 0.1) is 0 Å². The predicted molar refractivity (Wildman–Crippen MR) is 88.3 cm³/mol. The number of carbonyl (C=O) groups excluding carboxylic acids is 1. The van der Waals surface area contributed by atoms with Crippen LogP contribution in [-0.4, -0.2) is 67.0 Å². The van der Waals surface area contributed by atoms with E-state index in [0.29, 0.717) is 6.04 Å². The Labute approximate surface area is 132 Å². The third kappa shape index (κ3) is 3.24. The minimum Gasteiger partial charge on any atom is -0.363 e. The SMILES string of the molecule is CN(C)c1cc(C(=O)N2CCC[C@@H]2CN2CCCC2)ccn1. The molecule has 0 saturated carbocycles. The Morgan fingerprint density at radius 2 is 2.05 bits per heavy atom. The third-order valence-corrected chi connectivity index (χ3v) is 4.76. The van der Waals surface area contributed by atoms with Gasteiger partial charge < -0.3 is 14.7 Å². The fraction of sp³-hybridized carbons (Fsp3) is 0.647. The van der Waals surface area contributed by atoms with Gasteiger partial charge in [-0.05, 0) is 50.9 Å². The topological polar surface area (TPSA) is 39.7 Å². The molecule has 1 atom stereocenters.